The number of amides is 1. The molecule has 4 N–H and O–H groups in total. The molecule has 1 fully saturated rings. The third-order valence-electron chi connectivity index (χ3n) is 7.57. The Morgan fingerprint density at radius 3 is 2.44 bits per heavy atom. The third-order valence-corrected chi connectivity index (χ3v) is 8.16. The Bertz CT molecular complexity index is 1700. The lowest BCUT2D eigenvalue weighted by atomic mass is 9.86. The highest BCUT2D eigenvalue weighted by Crippen LogP contribution is 2.41. The summed E-state index contributed by atoms with van der Waals surface area (Å²) in [6, 6.07) is 9.49. The van der Waals surface area contributed by atoms with Gasteiger partial charge in [0, 0.05) is 17.3 Å². The van der Waals surface area contributed by atoms with Gasteiger partial charge in [-0.25, -0.2) is 8.42 Å². The molecule has 1 aromatic heterocycles. The maximum absolute atomic E-state index is 13.6. The number of aromatic nitrogens is 2. The van der Waals surface area contributed by atoms with Gasteiger partial charge in [0.1, 0.15) is 0 Å². The van der Waals surface area contributed by atoms with Crippen LogP contribution in [0.1, 0.15) is 92.2 Å². The zero-order chi connectivity index (χ0) is 31.3. The van der Waals surface area contributed by atoms with Crippen molar-refractivity contribution >= 4 is 38.7 Å². The molecular weight excluding hydrogens is 566 g/mol. The van der Waals surface area contributed by atoms with Crippen LogP contribution in [0.3, 0.4) is 0 Å². The second kappa shape index (κ2) is 11.2. The second-order valence-corrected chi connectivity index (χ2v) is 14.4. The number of ether oxygens (including phenoxy) is 1. The van der Waals surface area contributed by atoms with Crippen molar-refractivity contribution in [2.24, 2.45) is 0 Å². The van der Waals surface area contributed by atoms with Crippen LogP contribution in [0, 0.1) is 6.92 Å². The van der Waals surface area contributed by atoms with Crippen LogP contribution in [0.5, 0.6) is 5.75 Å². The van der Waals surface area contributed by atoms with Gasteiger partial charge in [0.05, 0.1) is 54.1 Å². The number of hydrogen-bond acceptors (Lipinski definition) is 8. The van der Waals surface area contributed by atoms with Gasteiger partial charge in [-0.2, -0.15) is 5.10 Å². The lowest BCUT2D eigenvalue weighted by Crippen LogP contribution is -2.36. The molecule has 11 nitrogen and oxygen atoms in total. The van der Waals surface area contributed by atoms with Gasteiger partial charge in [-0.1, -0.05) is 40.7 Å². The van der Waals surface area contributed by atoms with E-state index >= 15 is 0 Å². The molecule has 3 aromatic rings. The molecular formula is C31H41N7O4S. The monoisotopic (exact) mass is 607 g/mol. The quantitative estimate of drug-likeness (QED) is 0.254. The Kier molecular flexibility index (Phi) is 7.95. The summed E-state index contributed by atoms with van der Waals surface area (Å²) >= 11 is 0. The number of hydrazine groups is 2. The third kappa shape index (κ3) is 6.50. The highest BCUT2D eigenvalue weighted by molar-refractivity contribution is 7.92. The van der Waals surface area contributed by atoms with Gasteiger partial charge in [-0.3, -0.25) is 19.2 Å². The maximum atomic E-state index is 13.6. The minimum atomic E-state index is -3.59. The standard InChI is InChI=1S/C31H41N7O4S/c1-18(2)28-23(16-32-38(28)22-11-12-22)26-17-37(36-34-26)27-13-20(10-9-19(27)3)30(39)33-24-14-21(31(4,5)6)15-25(29(24)42-7)35-43(8,40)41/h9-10,13-18,22,34-36H,11-12H2,1-8H3,(H,33,39). The van der Waals surface area contributed by atoms with Crippen molar-refractivity contribution in [2.45, 2.75) is 71.8 Å². The molecule has 5 rings (SSSR count). The van der Waals surface area contributed by atoms with Crippen molar-refractivity contribution in [3.63, 3.8) is 0 Å². The molecule has 1 aliphatic carbocycles. The van der Waals surface area contributed by atoms with E-state index in [2.05, 4.69) is 44.6 Å². The van der Waals surface area contributed by atoms with Crippen LogP contribution in [0.4, 0.5) is 17.1 Å². The van der Waals surface area contributed by atoms with Crippen LogP contribution in [-0.4, -0.2) is 37.5 Å². The van der Waals surface area contributed by atoms with Crippen molar-refractivity contribution in [1.82, 2.24) is 20.7 Å². The first kappa shape index (κ1) is 30.4. The molecule has 1 amide bonds. The number of sulfonamides is 1. The predicted molar refractivity (Wildman–Crippen MR) is 171 cm³/mol. The summed E-state index contributed by atoms with van der Waals surface area (Å²) in [7, 11) is -2.15. The van der Waals surface area contributed by atoms with E-state index in [-0.39, 0.29) is 22.8 Å². The van der Waals surface area contributed by atoms with Crippen LogP contribution in [0.15, 0.2) is 42.7 Å². The predicted octanol–water partition coefficient (Wildman–Crippen LogP) is 5.41. The molecule has 0 unspecified atom stereocenters. The highest BCUT2D eigenvalue weighted by Gasteiger charge is 2.31. The number of methoxy groups -OCH3 is 1. The number of nitrogens with one attached hydrogen (secondary N) is 4. The highest BCUT2D eigenvalue weighted by atomic mass is 32.2. The summed E-state index contributed by atoms with van der Waals surface area (Å²) in [6.45, 7) is 12.4. The van der Waals surface area contributed by atoms with E-state index in [1.807, 2.05) is 63.3 Å². The van der Waals surface area contributed by atoms with Crippen molar-refractivity contribution < 1.29 is 17.9 Å². The first-order valence-electron chi connectivity index (χ1n) is 14.4. The first-order chi connectivity index (χ1) is 20.2. The number of anilines is 3. The van der Waals surface area contributed by atoms with Crippen LogP contribution in [-0.2, 0) is 15.4 Å². The fraction of sp³-hybridized carbons (Fsp3) is 0.419. The van der Waals surface area contributed by atoms with E-state index < -0.39 is 10.0 Å². The number of rotatable bonds is 9. The van der Waals surface area contributed by atoms with Gasteiger partial charge in [-0.15, -0.1) is 5.53 Å². The van der Waals surface area contributed by atoms with Crippen molar-refractivity contribution in [3.05, 3.63) is 70.7 Å². The Balaban J connectivity index is 1.45. The zero-order valence-electron chi connectivity index (χ0n) is 26.0. The summed E-state index contributed by atoms with van der Waals surface area (Å²) in [5, 5.41) is 9.49. The fourth-order valence-electron chi connectivity index (χ4n) is 5.20. The molecule has 1 saturated carbocycles. The molecule has 43 heavy (non-hydrogen) atoms. The van der Waals surface area contributed by atoms with E-state index in [0.29, 0.717) is 23.2 Å². The Labute approximate surface area is 253 Å². The smallest absolute Gasteiger partial charge is 0.255 e. The van der Waals surface area contributed by atoms with Gasteiger partial charge in [0.25, 0.3) is 5.91 Å². The molecule has 0 spiro atoms. The fourth-order valence-corrected chi connectivity index (χ4v) is 5.75. The molecule has 2 heterocycles. The summed E-state index contributed by atoms with van der Waals surface area (Å²) < 4.78 is 34.4. The topological polar surface area (TPSA) is 130 Å². The summed E-state index contributed by atoms with van der Waals surface area (Å²) in [6.07, 6.45) is 7.29. The normalized spacial score (nSPS) is 15.4. The first-order valence-corrected chi connectivity index (χ1v) is 16.3. The molecule has 0 radical (unpaired) electrons. The average molecular weight is 608 g/mol. The van der Waals surface area contributed by atoms with Crippen molar-refractivity contribution in [2.75, 3.05) is 28.4 Å². The van der Waals surface area contributed by atoms with E-state index in [0.717, 1.165) is 47.2 Å². The van der Waals surface area contributed by atoms with Gasteiger partial charge in [0.2, 0.25) is 10.0 Å². The summed E-state index contributed by atoms with van der Waals surface area (Å²) in [5.74, 6) is 0.176. The van der Waals surface area contributed by atoms with Gasteiger partial charge in [0.15, 0.2) is 5.75 Å². The molecule has 2 aliphatic rings. The molecule has 1 aliphatic heterocycles. The van der Waals surface area contributed by atoms with E-state index in [1.165, 1.54) is 12.8 Å². The van der Waals surface area contributed by atoms with Crippen molar-refractivity contribution in [1.29, 1.82) is 0 Å². The lowest BCUT2D eigenvalue weighted by Gasteiger charge is -2.24. The van der Waals surface area contributed by atoms with Crippen LogP contribution in [0.2, 0.25) is 0 Å². The van der Waals surface area contributed by atoms with E-state index in [4.69, 9.17) is 4.74 Å². The van der Waals surface area contributed by atoms with Crippen LogP contribution in [0.25, 0.3) is 5.70 Å². The zero-order valence-corrected chi connectivity index (χ0v) is 26.8. The number of carbonyl (C=O) groups excluding carboxylic acids is 1. The minimum Gasteiger partial charge on any atom is -0.492 e. The van der Waals surface area contributed by atoms with E-state index in [1.54, 1.807) is 12.1 Å². The minimum absolute atomic E-state index is 0.227. The second-order valence-electron chi connectivity index (χ2n) is 12.6. The Hall–Kier alpha value is -4.03. The summed E-state index contributed by atoms with van der Waals surface area (Å²) in [5.41, 5.74) is 13.0. The number of nitrogens with zero attached hydrogens (tertiary/aromatic N) is 3. The molecule has 0 bridgehead atoms. The Morgan fingerprint density at radius 1 is 1.14 bits per heavy atom. The largest absolute Gasteiger partial charge is 0.492 e. The maximum Gasteiger partial charge on any atom is 0.255 e. The average Bonchev–Trinajstić information content (AvgIpc) is 3.46. The number of aryl methyl sites for hydroxylation is 1. The van der Waals surface area contributed by atoms with Gasteiger partial charge < -0.3 is 15.5 Å². The van der Waals surface area contributed by atoms with Crippen LogP contribution >= 0.6 is 0 Å². The SMILES string of the molecule is COc1c(NC(=O)c2ccc(C)c(N3C=C(c4cnn(C5CC5)c4C(C)C)NN3)c2)cc(C(C)(C)C)cc1NS(C)(=O)=O. The lowest BCUT2D eigenvalue weighted by molar-refractivity contribution is 0.102. The summed E-state index contributed by atoms with van der Waals surface area (Å²) in [4.78, 5) is 13.6. The van der Waals surface area contributed by atoms with Gasteiger partial charge in [-0.05, 0) is 66.5 Å². The molecule has 0 atom stereocenters. The van der Waals surface area contributed by atoms with Gasteiger partial charge >= 0.3 is 0 Å². The van der Waals surface area contributed by atoms with E-state index in [9.17, 15) is 13.2 Å². The molecule has 230 valence electrons. The molecule has 0 saturated heterocycles. The number of hydrogen-bond donors (Lipinski definition) is 4. The number of carbonyl (C=O) groups is 1. The Morgan fingerprint density at radius 2 is 1.84 bits per heavy atom. The van der Waals surface area contributed by atoms with Crippen molar-refractivity contribution in [3.8, 4) is 5.75 Å². The van der Waals surface area contributed by atoms with Crippen LogP contribution < -0.4 is 30.7 Å². The molecule has 2 aromatic carbocycles. The molecule has 12 heteroatoms. The number of benzene rings is 2.